The first-order valence-electron chi connectivity index (χ1n) is 6.24. The lowest BCUT2D eigenvalue weighted by molar-refractivity contribution is 0.0669. The Labute approximate surface area is 102 Å². The smallest absolute Gasteiger partial charge is 0.126 e. The maximum atomic E-state index is 13.1. The maximum Gasteiger partial charge on any atom is 0.126 e. The van der Waals surface area contributed by atoms with E-state index in [4.69, 9.17) is 4.74 Å². The average molecular weight is 237 g/mol. The number of nitrogens with one attached hydrogen (secondary N) is 1. The van der Waals surface area contributed by atoms with Crippen LogP contribution in [0.25, 0.3) is 0 Å². The molecule has 1 aromatic rings. The summed E-state index contributed by atoms with van der Waals surface area (Å²) in [6, 6.07) is 5.64. The molecule has 94 valence electrons. The fourth-order valence-electron chi connectivity index (χ4n) is 2.46. The highest BCUT2D eigenvalue weighted by Crippen LogP contribution is 2.24. The van der Waals surface area contributed by atoms with Gasteiger partial charge >= 0.3 is 0 Å². The van der Waals surface area contributed by atoms with Gasteiger partial charge in [-0.2, -0.15) is 0 Å². The first kappa shape index (κ1) is 12.4. The lowest BCUT2D eigenvalue weighted by Gasteiger charge is -2.29. The third-order valence-corrected chi connectivity index (χ3v) is 3.49. The highest BCUT2D eigenvalue weighted by Gasteiger charge is 2.21. The molecule has 0 aliphatic heterocycles. The molecule has 0 saturated heterocycles. The molecule has 0 spiro atoms. The second-order valence-corrected chi connectivity index (χ2v) is 4.83. The lowest BCUT2D eigenvalue weighted by atomic mass is 9.92. The van der Waals surface area contributed by atoms with Gasteiger partial charge in [0.15, 0.2) is 0 Å². The number of rotatable bonds is 3. The molecule has 1 aromatic carbocycles. The summed E-state index contributed by atoms with van der Waals surface area (Å²) in [6.45, 7) is 1.79. The molecule has 2 nitrogen and oxygen atoms in total. The van der Waals surface area contributed by atoms with Crippen molar-refractivity contribution in [3.05, 3.63) is 29.6 Å². The molecule has 2 rings (SSSR count). The Hall–Kier alpha value is -1.09. The Morgan fingerprint density at radius 1 is 1.35 bits per heavy atom. The second kappa shape index (κ2) is 5.50. The average Bonchev–Trinajstić information content (AvgIpc) is 2.34. The summed E-state index contributed by atoms with van der Waals surface area (Å²) in [5.74, 6) is -0.144. The third kappa shape index (κ3) is 3.19. The van der Waals surface area contributed by atoms with Crippen molar-refractivity contribution in [3.8, 4) is 0 Å². The van der Waals surface area contributed by atoms with Crippen molar-refractivity contribution in [2.24, 2.45) is 0 Å². The van der Waals surface area contributed by atoms with Crippen molar-refractivity contribution in [1.82, 2.24) is 0 Å². The summed E-state index contributed by atoms with van der Waals surface area (Å²) in [7, 11) is 1.77. The van der Waals surface area contributed by atoms with Crippen molar-refractivity contribution in [2.45, 2.75) is 44.8 Å². The van der Waals surface area contributed by atoms with Gasteiger partial charge in [-0.1, -0.05) is 0 Å². The zero-order valence-electron chi connectivity index (χ0n) is 10.5. The van der Waals surface area contributed by atoms with E-state index >= 15 is 0 Å². The number of halogens is 1. The molecular formula is C14H20FNO. The fourth-order valence-corrected chi connectivity index (χ4v) is 2.46. The van der Waals surface area contributed by atoms with Gasteiger partial charge in [0.2, 0.25) is 0 Å². The normalized spacial score (nSPS) is 24.6. The van der Waals surface area contributed by atoms with E-state index in [1.165, 1.54) is 12.5 Å². The molecule has 1 N–H and O–H groups in total. The Balaban J connectivity index is 1.97. The highest BCUT2D eigenvalue weighted by molar-refractivity contribution is 5.46. The zero-order valence-corrected chi connectivity index (χ0v) is 10.5. The molecule has 0 heterocycles. The van der Waals surface area contributed by atoms with Crippen molar-refractivity contribution in [3.63, 3.8) is 0 Å². The number of aryl methyl sites for hydroxylation is 1. The molecule has 1 fully saturated rings. The Morgan fingerprint density at radius 3 is 2.88 bits per heavy atom. The first-order chi connectivity index (χ1) is 8.19. The van der Waals surface area contributed by atoms with Crippen LogP contribution in [-0.4, -0.2) is 19.3 Å². The third-order valence-electron chi connectivity index (χ3n) is 3.49. The number of anilines is 1. The van der Waals surface area contributed by atoms with E-state index in [0.717, 1.165) is 24.9 Å². The summed E-state index contributed by atoms with van der Waals surface area (Å²) < 4.78 is 18.5. The molecule has 1 aliphatic rings. The van der Waals surface area contributed by atoms with Crippen LogP contribution < -0.4 is 5.32 Å². The molecule has 3 heteroatoms. The van der Waals surface area contributed by atoms with E-state index in [-0.39, 0.29) is 5.82 Å². The number of methoxy groups -OCH3 is 1. The number of ether oxygens (including phenoxy) is 1. The fraction of sp³-hybridized carbons (Fsp3) is 0.571. The van der Waals surface area contributed by atoms with E-state index in [9.17, 15) is 4.39 Å². The van der Waals surface area contributed by atoms with Crippen molar-refractivity contribution >= 4 is 5.69 Å². The van der Waals surface area contributed by atoms with Crippen LogP contribution in [0.2, 0.25) is 0 Å². The Kier molecular flexibility index (Phi) is 4.00. The summed E-state index contributed by atoms with van der Waals surface area (Å²) in [6.07, 6.45) is 4.90. The molecule has 1 aliphatic carbocycles. The predicted octanol–water partition coefficient (Wildman–Crippen LogP) is 3.50. The molecule has 2 atom stereocenters. The van der Waals surface area contributed by atoms with E-state index < -0.39 is 0 Å². The molecule has 0 radical (unpaired) electrons. The van der Waals surface area contributed by atoms with Gasteiger partial charge in [0, 0.05) is 18.8 Å². The molecule has 2 unspecified atom stereocenters. The van der Waals surface area contributed by atoms with Crippen LogP contribution in [-0.2, 0) is 4.74 Å². The predicted molar refractivity (Wildman–Crippen MR) is 67.8 cm³/mol. The minimum atomic E-state index is -0.144. The van der Waals surface area contributed by atoms with E-state index in [2.05, 4.69) is 5.32 Å². The number of benzene rings is 1. The minimum absolute atomic E-state index is 0.144. The SMILES string of the molecule is COC1CCCC(Nc2ccc(F)c(C)c2)C1. The van der Waals surface area contributed by atoms with Crippen LogP contribution in [0, 0.1) is 12.7 Å². The van der Waals surface area contributed by atoms with E-state index in [0.29, 0.717) is 17.7 Å². The second-order valence-electron chi connectivity index (χ2n) is 4.83. The van der Waals surface area contributed by atoms with Gasteiger partial charge < -0.3 is 10.1 Å². The van der Waals surface area contributed by atoms with Crippen LogP contribution >= 0.6 is 0 Å². The Morgan fingerprint density at radius 2 is 2.18 bits per heavy atom. The van der Waals surface area contributed by atoms with Crippen LogP contribution in [0.3, 0.4) is 0 Å². The molecule has 0 aromatic heterocycles. The Bertz CT molecular complexity index is 380. The van der Waals surface area contributed by atoms with Gasteiger partial charge in [-0.25, -0.2) is 4.39 Å². The molecule has 1 saturated carbocycles. The van der Waals surface area contributed by atoms with Gasteiger partial charge in [0.1, 0.15) is 5.82 Å². The van der Waals surface area contributed by atoms with Gasteiger partial charge in [0.05, 0.1) is 6.10 Å². The molecule has 0 amide bonds. The van der Waals surface area contributed by atoms with E-state index in [1.54, 1.807) is 20.1 Å². The first-order valence-corrected chi connectivity index (χ1v) is 6.24. The number of hydrogen-bond acceptors (Lipinski definition) is 2. The van der Waals surface area contributed by atoms with Gasteiger partial charge in [-0.3, -0.25) is 0 Å². The summed E-state index contributed by atoms with van der Waals surface area (Å²) in [4.78, 5) is 0. The number of hydrogen-bond donors (Lipinski definition) is 1. The van der Waals surface area contributed by atoms with Crippen molar-refractivity contribution in [2.75, 3.05) is 12.4 Å². The standard InChI is InChI=1S/C14H20FNO/c1-10-8-12(6-7-14(10)15)16-11-4-3-5-13(9-11)17-2/h6-8,11,13,16H,3-5,9H2,1-2H3. The van der Waals surface area contributed by atoms with Crippen LogP contribution in [0.15, 0.2) is 18.2 Å². The van der Waals surface area contributed by atoms with Crippen LogP contribution in [0.1, 0.15) is 31.2 Å². The van der Waals surface area contributed by atoms with Crippen LogP contribution in [0.5, 0.6) is 0 Å². The summed E-state index contributed by atoms with van der Waals surface area (Å²) >= 11 is 0. The monoisotopic (exact) mass is 237 g/mol. The summed E-state index contributed by atoms with van der Waals surface area (Å²) in [5.41, 5.74) is 1.69. The van der Waals surface area contributed by atoms with Crippen molar-refractivity contribution in [1.29, 1.82) is 0 Å². The zero-order chi connectivity index (χ0) is 12.3. The van der Waals surface area contributed by atoms with Crippen LogP contribution in [0.4, 0.5) is 10.1 Å². The highest BCUT2D eigenvalue weighted by atomic mass is 19.1. The molecule has 17 heavy (non-hydrogen) atoms. The lowest BCUT2D eigenvalue weighted by Crippen LogP contribution is -2.31. The van der Waals surface area contributed by atoms with E-state index in [1.807, 2.05) is 6.07 Å². The van der Waals surface area contributed by atoms with Crippen molar-refractivity contribution < 1.29 is 9.13 Å². The maximum absolute atomic E-state index is 13.1. The topological polar surface area (TPSA) is 21.3 Å². The van der Waals surface area contributed by atoms with Gasteiger partial charge in [0.25, 0.3) is 0 Å². The molecule has 0 bridgehead atoms. The van der Waals surface area contributed by atoms with Gasteiger partial charge in [-0.15, -0.1) is 0 Å². The quantitative estimate of drug-likeness (QED) is 0.868. The minimum Gasteiger partial charge on any atom is -0.382 e. The summed E-state index contributed by atoms with van der Waals surface area (Å²) in [5, 5.41) is 3.47. The largest absolute Gasteiger partial charge is 0.382 e. The molecular weight excluding hydrogens is 217 g/mol. The van der Waals surface area contributed by atoms with Gasteiger partial charge in [-0.05, 0) is 56.4 Å².